The minimum Gasteiger partial charge on any atom is -0.497 e. The number of methoxy groups -OCH3 is 1. The van der Waals surface area contributed by atoms with Gasteiger partial charge in [-0.2, -0.15) is 5.26 Å². The SMILES string of the molecule is COc1cccc(-n2c(C)c(C)c(Cl)c(C#N)c2=O)c1. The maximum absolute atomic E-state index is 12.4. The second-order valence-electron chi connectivity index (χ2n) is 4.35. The second kappa shape index (κ2) is 5.40. The van der Waals surface area contributed by atoms with Crippen molar-refractivity contribution in [2.75, 3.05) is 7.11 Å². The van der Waals surface area contributed by atoms with E-state index in [1.54, 1.807) is 45.2 Å². The van der Waals surface area contributed by atoms with Crippen molar-refractivity contribution < 1.29 is 4.74 Å². The fourth-order valence-corrected chi connectivity index (χ4v) is 2.29. The minimum atomic E-state index is -0.422. The number of hydrogen-bond donors (Lipinski definition) is 0. The van der Waals surface area contributed by atoms with E-state index in [-0.39, 0.29) is 10.6 Å². The average Bonchev–Trinajstić information content (AvgIpc) is 2.46. The van der Waals surface area contributed by atoms with Gasteiger partial charge in [-0.05, 0) is 31.5 Å². The zero-order valence-electron chi connectivity index (χ0n) is 11.4. The van der Waals surface area contributed by atoms with Crippen LogP contribution in [0.15, 0.2) is 29.1 Å². The van der Waals surface area contributed by atoms with Crippen LogP contribution in [0.5, 0.6) is 5.75 Å². The molecule has 0 atom stereocenters. The highest BCUT2D eigenvalue weighted by Gasteiger charge is 2.16. The van der Waals surface area contributed by atoms with Gasteiger partial charge in [-0.25, -0.2) is 0 Å². The Morgan fingerprint density at radius 3 is 2.65 bits per heavy atom. The van der Waals surface area contributed by atoms with Crippen molar-refractivity contribution in [1.82, 2.24) is 4.57 Å². The van der Waals surface area contributed by atoms with Crippen LogP contribution in [-0.2, 0) is 0 Å². The molecule has 5 heteroatoms. The molecule has 0 aliphatic rings. The van der Waals surface area contributed by atoms with Crippen LogP contribution in [0.3, 0.4) is 0 Å². The molecule has 102 valence electrons. The molecule has 1 aromatic heterocycles. The number of pyridine rings is 1. The Labute approximate surface area is 121 Å². The van der Waals surface area contributed by atoms with Crippen LogP contribution >= 0.6 is 11.6 Å². The van der Waals surface area contributed by atoms with E-state index >= 15 is 0 Å². The Kier molecular flexibility index (Phi) is 3.82. The van der Waals surface area contributed by atoms with Gasteiger partial charge in [0.2, 0.25) is 0 Å². The standard InChI is InChI=1S/C15H13ClN2O2/c1-9-10(2)18(15(19)13(8-17)14(9)16)11-5-4-6-12(7-11)20-3/h4-7H,1-3H3. The zero-order valence-corrected chi connectivity index (χ0v) is 12.2. The van der Waals surface area contributed by atoms with Gasteiger partial charge in [-0.3, -0.25) is 9.36 Å². The highest BCUT2D eigenvalue weighted by atomic mass is 35.5. The lowest BCUT2D eigenvalue weighted by atomic mass is 10.1. The van der Waals surface area contributed by atoms with Gasteiger partial charge in [0.15, 0.2) is 0 Å². The van der Waals surface area contributed by atoms with Crippen LogP contribution < -0.4 is 10.3 Å². The molecule has 0 unspecified atom stereocenters. The fourth-order valence-electron chi connectivity index (χ4n) is 2.03. The molecular formula is C15H13ClN2O2. The predicted octanol–water partition coefficient (Wildman–Crippen LogP) is 2.99. The van der Waals surface area contributed by atoms with Gasteiger partial charge in [0.25, 0.3) is 5.56 Å². The van der Waals surface area contributed by atoms with Crippen molar-refractivity contribution in [2.24, 2.45) is 0 Å². The number of hydrogen-bond acceptors (Lipinski definition) is 3. The second-order valence-corrected chi connectivity index (χ2v) is 4.73. The molecule has 0 fully saturated rings. The van der Waals surface area contributed by atoms with Gasteiger partial charge in [0, 0.05) is 11.8 Å². The van der Waals surface area contributed by atoms with Gasteiger partial charge in [0.05, 0.1) is 17.8 Å². The van der Waals surface area contributed by atoms with Gasteiger partial charge in [-0.1, -0.05) is 17.7 Å². The third kappa shape index (κ3) is 2.17. The highest BCUT2D eigenvalue weighted by molar-refractivity contribution is 6.32. The maximum Gasteiger partial charge on any atom is 0.274 e. The van der Waals surface area contributed by atoms with E-state index in [1.165, 1.54) is 4.57 Å². The quantitative estimate of drug-likeness (QED) is 0.853. The number of ether oxygens (including phenoxy) is 1. The van der Waals surface area contributed by atoms with Crippen molar-refractivity contribution >= 4 is 11.6 Å². The van der Waals surface area contributed by atoms with E-state index in [0.29, 0.717) is 22.7 Å². The Morgan fingerprint density at radius 2 is 2.05 bits per heavy atom. The molecule has 1 aromatic carbocycles. The number of aromatic nitrogens is 1. The normalized spacial score (nSPS) is 10.2. The molecule has 0 aliphatic carbocycles. The van der Waals surface area contributed by atoms with Crippen LogP contribution in [0.25, 0.3) is 5.69 Å². The van der Waals surface area contributed by atoms with E-state index in [2.05, 4.69) is 0 Å². The molecular weight excluding hydrogens is 276 g/mol. The van der Waals surface area contributed by atoms with E-state index in [1.807, 2.05) is 6.07 Å². The summed E-state index contributed by atoms with van der Waals surface area (Å²) < 4.78 is 6.63. The van der Waals surface area contributed by atoms with Crippen LogP contribution in [0, 0.1) is 25.2 Å². The van der Waals surface area contributed by atoms with Crippen molar-refractivity contribution in [2.45, 2.75) is 13.8 Å². The molecule has 4 nitrogen and oxygen atoms in total. The smallest absolute Gasteiger partial charge is 0.274 e. The lowest BCUT2D eigenvalue weighted by Gasteiger charge is -2.15. The lowest BCUT2D eigenvalue weighted by Crippen LogP contribution is -2.24. The molecule has 0 bridgehead atoms. The molecule has 20 heavy (non-hydrogen) atoms. The van der Waals surface area contributed by atoms with Gasteiger partial charge in [0.1, 0.15) is 17.4 Å². The van der Waals surface area contributed by atoms with Crippen molar-refractivity contribution in [3.63, 3.8) is 0 Å². The summed E-state index contributed by atoms with van der Waals surface area (Å²) >= 11 is 6.06. The summed E-state index contributed by atoms with van der Waals surface area (Å²) in [5, 5.41) is 9.33. The molecule has 0 saturated heterocycles. The molecule has 0 amide bonds. The van der Waals surface area contributed by atoms with Gasteiger partial charge >= 0.3 is 0 Å². The first-order valence-electron chi connectivity index (χ1n) is 5.97. The third-order valence-electron chi connectivity index (χ3n) is 3.27. The van der Waals surface area contributed by atoms with E-state index in [9.17, 15) is 4.79 Å². The summed E-state index contributed by atoms with van der Waals surface area (Å²) in [4.78, 5) is 12.4. The van der Waals surface area contributed by atoms with E-state index < -0.39 is 5.56 Å². The van der Waals surface area contributed by atoms with Crippen LogP contribution in [-0.4, -0.2) is 11.7 Å². The molecule has 0 radical (unpaired) electrons. The summed E-state index contributed by atoms with van der Waals surface area (Å²) in [6.45, 7) is 3.58. The first kappa shape index (κ1) is 14.2. The monoisotopic (exact) mass is 288 g/mol. The average molecular weight is 289 g/mol. The molecule has 0 spiro atoms. The molecule has 0 N–H and O–H groups in total. The Hall–Kier alpha value is -2.25. The van der Waals surface area contributed by atoms with Gasteiger partial charge in [-0.15, -0.1) is 0 Å². The third-order valence-corrected chi connectivity index (χ3v) is 3.74. The minimum absolute atomic E-state index is 0.0439. The predicted molar refractivity (Wildman–Crippen MR) is 77.8 cm³/mol. The highest BCUT2D eigenvalue weighted by Crippen LogP contribution is 2.23. The summed E-state index contributed by atoms with van der Waals surface area (Å²) in [5.74, 6) is 0.639. The summed E-state index contributed by atoms with van der Waals surface area (Å²) in [7, 11) is 1.56. The van der Waals surface area contributed by atoms with Gasteiger partial charge < -0.3 is 4.74 Å². The van der Waals surface area contributed by atoms with Crippen LogP contribution in [0.4, 0.5) is 0 Å². The maximum atomic E-state index is 12.4. The number of halogens is 1. The van der Waals surface area contributed by atoms with Crippen LogP contribution in [0.2, 0.25) is 5.02 Å². The lowest BCUT2D eigenvalue weighted by molar-refractivity contribution is 0.414. The van der Waals surface area contributed by atoms with Crippen molar-refractivity contribution in [3.05, 3.63) is 56.5 Å². The fraction of sp³-hybridized carbons (Fsp3) is 0.200. The Balaban J connectivity index is 2.84. The Bertz CT molecular complexity index is 773. The Morgan fingerprint density at radius 1 is 1.35 bits per heavy atom. The number of rotatable bonds is 2. The largest absolute Gasteiger partial charge is 0.497 e. The summed E-state index contributed by atoms with van der Waals surface area (Å²) in [5.41, 5.74) is 1.59. The molecule has 0 aliphatic heterocycles. The molecule has 0 saturated carbocycles. The topological polar surface area (TPSA) is 55.0 Å². The first-order valence-corrected chi connectivity index (χ1v) is 6.35. The molecule has 2 aromatic rings. The van der Waals surface area contributed by atoms with Crippen molar-refractivity contribution in [3.8, 4) is 17.5 Å². The zero-order chi connectivity index (χ0) is 14.9. The van der Waals surface area contributed by atoms with Crippen molar-refractivity contribution in [1.29, 1.82) is 5.26 Å². The molecule has 2 rings (SSSR count). The number of benzene rings is 1. The van der Waals surface area contributed by atoms with Crippen LogP contribution in [0.1, 0.15) is 16.8 Å². The summed E-state index contributed by atoms with van der Waals surface area (Å²) in [6.07, 6.45) is 0. The first-order chi connectivity index (χ1) is 9.51. The number of nitriles is 1. The van der Waals surface area contributed by atoms with E-state index in [4.69, 9.17) is 21.6 Å². The molecule has 1 heterocycles. The van der Waals surface area contributed by atoms with E-state index in [0.717, 1.165) is 0 Å². The number of nitrogens with zero attached hydrogens (tertiary/aromatic N) is 2. The summed E-state index contributed by atoms with van der Waals surface area (Å²) in [6, 6.07) is 8.97.